The van der Waals surface area contributed by atoms with E-state index >= 15 is 0 Å². The van der Waals surface area contributed by atoms with Gasteiger partial charge < -0.3 is 15.8 Å². The molecule has 2 aliphatic rings. The first-order chi connectivity index (χ1) is 9.69. The Balaban J connectivity index is 1.85. The fourth-order valence-electron chi connectivity index (χ4n) is 3.17. The maximum Gasteiger partial charge on any atom is 0.107 e. The molecule has 2 heterocycles. The van der Waals surface area contributed by atoms with Crippen LogP contribution in [0.15, 0.2) is 23.1 Å². The van der Waals surface area contributed by atoms with Crippen molar-refractivity contribution in [2.24, 2.45) is 5.73 Å². The molecule has 1 aromatic rings. The summed E-state index contributed by atoms with van der Waals surface area (Å²) in [4.78, 5) is 1.63. The highest BCUT2D eigenvalue weighted by molar-refractivity contribution is 7.99. The molecule has 0 aliphatic carbocycles. The largest absolute Gasteiger partial charge is 0.389 e. The summed E-state index contributed by atoms with van der Waals surface area (Å²) in [5.74, 6) is 1.01. The first kappa shape index (κ1) is 14.2. The molecule has 3 unspecified atom stereocenters. The second-order valence-electron chi connectivity index (χ2n) is 5.34. The number of ether oxygens (including phenoxy) is 1. The van der Waals surface area contributed by atoms with Crippen molar-refractivity contribution in [1.29, 1.82) is 0 Å². The molecule has 0 saturated carbocycles. The van der Waals surface area contributed by atoms with Crippen LogP contribution in [0, 0.1) is 0 Å². The molecule has 0 radical (unpaired) electrons. The molecular weight excluding hydrogens is 288 g/mol. The average molecular weight is 308 g/mol. The highest BCUT2D eigenvalue weighted by Gasteiger charge is 2.40. The Labute approximate surface area is 129 Å². The smallest absolute Gasteiger partial charge is 0.107 e. The first-order valence-corrected chi connectivity index (χ1v) is 8.56. The van der Waals surface area contributed by atoms with E-state index in [0.717, 1.165) is 34.7 Å². The van der Waals surface area contributed by atoms with Gasteiger partial charge in [0.15, 0.2) is 0 Å². The van der Waals surface area contributed by atoms with Crippen molar-refractivity contribution >= 4 is 34.7 Å². The van der Waals surface area contributed by atoms with Crippen molar-refractivity contribution < 1.29 is 4.74 Å². The summed E-state index contributed by atoms with van der Waals surface area (Å²) in [5, 5.41) is 3.62. The van der Waals surface area contributed by atoms with Gasteiger partial charge in [0.2, 0.25) is 0 Å². The van der Waals surface area contributed by atoms with Gasteiger partial charge in [0.1, 0.15) is 4.99 Å². The second-order valence-corrected chi connectivity index (χ2v) is 7.08. The lowest BCUT2D eigenvalue weighted by Crippen LogP contribution is -2.31. The van der Waals surface area contributed by atoms with Crippen LogP contribution >= 0.6 is 24.0 Å². The van der Waals surface area contributed by atoms with E-state index in [1.165, 1.54) is 6.42 Å². The van der Waals surface area contributed by atoms with E-state index in [9.17, 15) is 0 Å². The molecule has 3 N–H and O–H groups in total. The number of hydrogen-bond acceptors (Lipinski definition) is 4. The summed E-state index contributed by atoms with van der Waals surface area (Å²) in [5.41, 5.74) is 7.98. The Morgan fingerprint density at radius 3 is 2.95 bits per heavy atom. The third-order valence-electron chi connectivity index (χ3n) is 4.02. The fourth-order valence-corrected chi connectivity index (χ4v) is 4.31. The number of fused-ring (bicyclic) bond motifs is 2. The van der Waals surface area contributed by atoms with Gasteiger partial charge >= 0.3 is 0 Å². The zero-order valence-corrected chi connectivity index (χ0v) is 13.2. The van der Waals surface area contributed by atoms with E-state index in [-0.39, 0.29) is 0 Å². The Hall–Kier alpha value is -0.780. The lowest BCUT2D eigenvalue weighted by atomic mass is 9.95. The SMILES string of the molecule is CCSc1cccc(NC2CC3CCC2O3)c1C(N)=S. The van der Waals surface area contributed by atoms with Crippen LogP contribution in [-0.2, 0) is 4.74 Å². The molecule has 1 aromatic carbocycles. The first-order valence-electron chi connectivity index (χ1n) is 7.16. The highest BCUT2D eigenvalue weighted by atomic mass is 32.2. The minimum Gasteiger partial charge on any atom is -0.389 e. The summed E-state index contributed by atoms with van der Waals surface area (Å²) in [6.45, 7) is 2.14. The third-order valence-corrected chi connectivity index (χ3v) is 5.16. The van der Waals surface area contributed by atoms with Crippen LogP contribution in [-0.4, -0.2) is 29.0 Å². The van der Waals surface area contributed by atoms with E-state index in [2.05, 4.69) is 30.4 Å². The van der Waals surface area contributed by atoms with Gasteiger partial charge in [-0.25, -0.2) is 0 Å². The molecule has 2 saturated heterocycles. The van der Waals surface area contributed by atoms with Gasteiger partial charge in [0, 0.05) is 16.1 Å². The molecule has 3 atom stereocenters. The Morgan fingerprint density at radius 1 is 1.50 bits per heavy atom. The predicted octanol–water partition coefficient (Wildman–Crippen LogP) is 3.16. The van der Waals surface area contributed by atoms with Crippen molar-refractivity contribution in [3.8, 4) is 0 Å². The van der Waals surface area contributed by atoms with Gasteiger partial charge in [-0.2, -0.15) is 0 Å². The van der Waals surface area contributed by atoms with E-state index in [4.69, 9.17) is 22.7 Å². The minimum absolute atomic E-state index is 0.349. The fraction of sp³-hybridized carbons (Fsp3) is 0.533. The number of nitrogens with one attached hydrogen (secondary N) is 1. The van der Waals surface area contributed by atoms with Crippen molar-refractivity contribution in [3.05, 3.63) is 23.8 Å². The van der Waals surface area contributed by atoms with Gasteiger partial charge in [-0.1, -0.05) is 25.2 Å². The molecule has 0 amide bonds. The van der Waals surface area contributed by atoms with Crippen LogP contribution in [0.25, 0.3) is 0 Å². The number of thioether (sulfide) groups is 1. The van der Waals surface area contributed by atoms with E-state index < -0.39 is 0 Å². The molecule has 2 bridgehead atoms. The van der Waals surface area contributed by atoms with Gasteiger partial charge in [0.05, 0.1) is 18.2 Å². The van der Waals surface area contributed by atoms with Crippen molar-refractivity contribution in [2.75, 3.05) is 11.1 Å². The molecule has 2 aliphatic heterocycles. The van der Waals surface area contributed by atoms with Gasteiger partial charge in [0.25, 0.3) is 0 Å². The molecule has 0 aromatic heterocycles. The standard InChI is InChI=1S/C15H20N2OS2/c1-2-20-13-5-3-4-10(14(13)15(16)19)17-11-8-9-6-7-12(11)18-9/h3-5,9,11-12,17H,2,6-8H2,1H3,(H2,16,19). The monoisotopic (exact) mass is 308 g/mol. The number of anilines is 1. The average Bonchev–Trinajstić information content (AvgIpc) is 3.01. The predicted molar refractivity (Wildman–Crippen MR) is 88.7 cm³/mol. The molecule has 0 spiro atoms. The van der Waals surface area contributed by atoms with E-state index in [1.807, 2.05) is 0 Å². The Bertz CT molecular complexity index is 521. The molecule has 20 heavy (non-hydrogen) atoms. The van der Waals surface area contributed by atoms with E-state index in [0.29, 0.717) is 23.2 Å². The van der Waals surface area contributed by atoms with Crippen LogP contribution < -0.4 is 11.1 Å². The van der Waals surface area contributed by atoms with Crippen LogP contribution in [0.5, 0.6) is 0 Å². The van der Waals surface area contributed by atoms with Crippen LogP contribution in [0.2, 0.25) is 0 Å². The number of rotatable bonds is 5. The van der Waals surface area contributed by atoms with Crippen molar-refractivity contribution in [2.45, 2.75) is 49.3 Å². The second kappa shape index (κ2) is 5.92. The van der Waals surface area contributed by atoms with Gasteiger partial charge in [-0.15, -0.1) is 11.8 Å². The minimum atomic E-state index is 0.349. The number of hydrogen-bond donors (Lipinski definition) is 2. The number of benzene rings is 1. The zero-order chi connectivity index (χ0) is 14.1. The quantitative estimate of drug-likeness (QED) is 0.646. The van der Waals surface area contributed by atoms with Crippen molar-refractivity contribution in [3.63, 3.8) is 0 Å². The molecule has 5 heteroatoms. The van der Waals surface area contributed by atoms with Crippen LogP contribution in [0.3, 0.4) is 0 Å². The molecular formula is C15H20N2OS2. The lowest BCUT2D eigenvalue weighted by Gasteiger charge is -2.23. The summed E-state index contributed by atoms with van der Waals surface area (Å²) >= 11 is 7.03. The van der Waals surface area contributed by atoms with E-state index in [1.54, 1.807) is 11.8 Å². The summed E-state index contributed by atoms with van der Waals surface area (Å²) in [6, 6.07) is 6.62. The highest BCUT2D eigenvalue weighted by Crippen LogP contribution is 2.37. The van der Waals surface area contributed by atoms with Crippen LogP contribution in [0.4, 0.5) is 5.69 Å². The lowest BCUT2D eigenvalue weighted by molar-refractivity contribution is 0.102. The summed E-state index contributed by atoms with van der Waals surface area (Å²) in [7, 11) is 0. The number of thiocarbonyl (C=S) groups is 1. The maximum atomic E-state index is 5.94. The Morgan fingerprint density at radius 2 is 2.35 bits per heavy atom. The van der Waals surface area contributed by atoms with Crippen LogP contribution in [0.1, 0.15) is 31.7 Å². The summed E-state index contributed by atoms with van der Waals surface area (Å²) < 4.78 is 5.90. The molecule has 3 rings (SSSR count). The third kappa shape index (κ3) is 2.67. The maximum absolute atomic E-state index is 5.94. The molecule has 2 fully saturated rings. The normalized spacial score (nSPS) is 27.8. The molecule has 108 valence electrons. The van der Waals surface area contributed by atoms with Crippen molar-refractivity contribution in [1.82, 2.24) is 0 Å². The number of nitrogens with two attached hydrogens (primary N) is 1. The zero-order valence-electron chi connectivity index (χ0n) is 11.6. The Kier molecular flexibility index (Phi) is 4.19. The summed E-state index contributed by atoms with van der Waals surface area (Å²) in [6.07, 6.45) is 4.25. The van der Waals surface area contributed by atoms with Gasteiger partial charge in [-0.3, -0.25) is 0 Å². The molecule has 3 nitrogen and oxygen atoms in total. The van der Waals surface area contributed by atoms with Gasteiger partial charge in [-0.05, 0) is 37.1 Å². The topological polar surface area (TPSA) is 47.3 Å².